The van der Waals surface area contributed by atoms with Gasteiger partial charge in [0, 0.05) is 35.5 Å². The number of rotatable bonds is 7. The molecule has 1 aliphatic carbocycles. The van der Waals surface area contributed by atoms with Crippen LogP contribution in [0, 0.1) is 5.82 Å². The van der Waals surface area contributed by atoms with Gasteiger partial charge in [-0.15, -0.1) is 0 Å². The lowest BCUT2D eigenvalue weighted by atomic mass is 10.2. The summed E-state index contributed by atoms with van der Waals surface area (Å²) in [6, 6.07) is 6.94. The highest BCUT2D eigenvalue weighted by molar-refractivity contribution is 7.98. The summed E-state index contributed by atoms with van der Waals surface area (Å²) in [5, 5.41) is 4.18. The maximum absolute atomic E-state index is 13.4. The molecular formula is C14H16FN3S2. The van der Waals surface area contributed by atoms with E-state index in [4.69, 9.17) is 0 Å². The maximum Gasteiger partial charge on any atom is 0.202 e. The van der Waals surface area contributed by atoms with Crippen molar-refractivity contribution in [3.63, 3.8) is 0 Å². The number of nitrogens with zero attached hydrogens (tertiary/aromatic N) is 2. The third kappa shape index (κ3) is 3.70. The molecule has 1 saturated carbocycles. The van der Waals surface area contributed by atoms with Crippen LogP contribution in [0.4, 0.5) is 9.52 Å². The molecule has 1 N–H and O–H groups in total. The molecule has 1 aromatic carbocycles. The van der Waals surface area contributed by atoms with E-state index in [0.717, 1.165) is 28.8 Å². The van der Waals surface area contributed by atoms with Crippen molar-refractivity contribution in [2.45, 2.75) is 24.5 Å². The van der Waals surface area contributed by atoms with E-state index in [-0.39, 0.29) is 5.82 Å². The van der Waals surface area contributed by atoms with Crippen molar-refractivity contribution < 1.29 is 4.39 Å². The second kappa shape index (κ2) is 6.54. The fraction of sp³-hybridized carbons (Fsp3) is 0.429. The summed E-state index contributed by atoms with van der Waals surface area (Å²) >= 11 is 3.15. The minimum atomic E-state index is -0.119. The Hall–Kier alpha value is -1.14. The van der Waals surface area contributed by atoms with E-state index in [1.165, 1.54) is 30.4 Å². The Bertz CT molecular complexity index is 569. The highest BCUT2D eigenvalue weighted by Gasteiger charge is 2.27. The third-order valence-electron chi connectivity index (χ3n) is 3.12. The van der Waals surface area contributed by atoms with E-state index in [9.17, 15) is 4.39 Å². The van der Waals surface area contributed by atoms with E-state index < -0.39 is 0 Å². The average molecular weight is 309 g/mol. The molecule has 0 saturated heterocycles. The largest absolute Gasteiger partial charge is 0.359 e. The summed E-state index contributed by atoms with van der Waals surface area (Å²) in [6.45, 7) is 0.832. The van der Waals surface area contributed by atoms with Crippen molar-refractivity contribution in [1.82, 2.24) is 9.36 Å². The summed E-state index contributed by atoms with van der Waals surface area (Å²) < 4.78 is 17.8. The first-order chi connectivity index (χ1) is 9.83. The van der Waals surface area contributed by atoms with Crippen LogP contribution in [0.3, 0.4) is 0 Å². The smallest absolute Gasteiger partial charge is 0.202 e. The average Bonchev–Trinajstić information content (AvgIpc) is 3.20. The summed E-state index contributed by atoms with van der Waals surface area (Å²) in [7, 11) is 0. The van der Waals surface area contributed by atoms with Crippen molar-refractivity contribution >= 4 is 28.4 Å². The van der Waals surface area contributed by atoms with Crippen LogP contribution in [0.25, 0.3) is 0 Å². The number of halogens is 1. The molecule has 1 aromatic heterocycles. The molecule has 0 aliphatic heterocycles. The molecule has 0 spiro atoms. The monoisotopic (exact) mass is 309 g/mol. The van der Waals surface area contributed by atoms with Gasteiger partial charge < -0.3 is 5.32 Å². The van der Waals surface area contributed by atoms with Crippen molar-refractivity contribution in [3.05, 3.63) is 41.5 Å². The second-order valence-electron chi connectivity index (χ2n) is 4.80. The summed E-state index contributed by atoms with van der Waals surface area (Å²) in [6.07, 6.45) is 2.46. The molecule has 1 fully saturated rings. The van der Waals surface area contributed by atoms with E-state index >= 15 is 0 Å². The first-order valence-electron chi connectivity index (χ1n) is 6.71. The number of thioether (sulfide) groups is 1. The zero-order chi connectivity index (χ0) is 13.8. The van der Waals surface area contributed by atoms with Gasteiger partial charge in [-0.25, -0.2) is 9.37 Å². The molecule has 0 atom stereocenters. The number of hydrogen-bond donors (Lipinski definition) is 1. The highest BCUT2D eigenvalue weighted by Crippen LogP contribution is 2.39. The standard InChI is InChI=1S/C14H16FN3S2/c15-12-4-2-1-3-11(12)9-19-8-7-16-14-17-13(18-20-14)10-5-6-10/h1-4,10H,5-9H2,(H,16,17,18). The molecule has 1 heterocycles. The Morgan fingerprint density at radius 1 is 1.35 bits per heavy atom. The molecule has 0 unspecified atom stereocenters. The minimum absolute atomic E-state index is 0.119. The molecule has 3 rings (SSSR count). The first-order valence-corrected chi connectivity index (χ1v) is 8.64. The van der Waals surface area contributed by atoms with Crippen LogP contribution in [0.2, 0.25) is 0 Å². The summed E-state index contributed by atoms with van der Waals surface area (Å²) in [5.41, 5.74) is 0.768. The SMILES string of the molecule is Fc1ccccc1CSCCNc1nc(C2CC2)ns1. The molecule has 1 aliphatic rings. The fourth-order valence-electron chi connectivity index (χ4n) is 1.84. The van der Waals surface area contributed by atoms with Gasteiger partial charge in [0.05, 0.1) is 0 Å². The van der Waals surface area contributed by atoms with Crippen LogP contribution in [-0.2, 0) is 5.75 Å². The number of hydrogen-bond acceptors (Lipinski definition) is 5. The third-order valence-corrected chi connectivity index (χ3v) is 4.82. The zero-order valence-corrected chi connectivity index (χ0v) is 12.6. The molecule has 106 valence electrons. The topological polar surface area (TPSA) is 37.8 Å². The Labute approximate surface area is 126 Å². The van der Waals surface area contributed by atoms with Crippen molar-refractivity contribution in [1.29, 1.82) is 0 Å². The second-order valence-corrected chi connectivity index (χ2v) is 6.66. The molecule has 0 amide bonds. The Morgan fingerprint density at radius 2 is 2.20 bits per heavy atom. The van der Waals surface area contributed by atoms with E-state index in [1.54, 1.807) is 17.8 Å². The Morgan fingerprint density at radius 3 is 3.00 bits per heavy atom. The number of aromatic nitrogens is 2. The van der Waals surface area contributed by atoms with Crippen LogP contribution in [0.5, 0.6) is 0 Å². The van der Waals surface area contributed by atoms with Gasteiger partial charge in [0.1, 0.15) is 11.6 Å². The van der Waals surface area contributed by atoms with E-state index in [1.807, 2.05) is 12.1 Å². The van der Waals surface area contributed by atoms with Crippen molar-refractivity contribution in [2.75, 3.05) is 17.6 Å². The van der Waals surface area contributed by atoms with Gasteiger partial charge in [-0.05, 0) is 24.5 Å². The van der Waals surface area contributed by atoms with E-state index in [2.05, 4.69) is 14.7 Å². The Balaban J connectivity index is 1.36. The van der Waals surface area contributed by atoms with Crippen LogP contribution in [0.15, 0.2) is 24.3 Å². The maximum atomic E-state index is 13.4. The summed E-state index contributed by atoms with van der Waals surface area (Å²) in [5.74, 6) is 3.12. The first kappa shape index (κ1) is 13.8. The van der Waals surface area contributed by atoms with E-state index in [0.29, 0.717) is 11.7 Å². The predicted molar refractivity (Wildman–Crippen MR) is 82.9 cm³/mol. The lowest BCUT2D eigenvalue weighted by Crippen LogP contribution is -2.04. The van der Waals surface area contributed by atoms with Gasteiger partial charge in [-0.2, -0.15) is 16.1 Å². The van der Waals surface area contributed by atoms with Gasteiger partial charge in [0.2, 0.25) is 5.13 Å². The zero-order valence-electron chi connectivity index (χ0n) is 11.0. The number of anilines is 1. The molecule has 0 bridgehead atoms. The normalized spacial score (nSPS) is 14.4. The van der Waals surface area contributed by atoms with Crippen molar-refractivity contribution in [3.8, 4) is 0 Å². The molecule has 2 aromatic rings. The van der Waals surface area contributed by atoms with Crippen LogP contribution in [0.1, 0.15) is 30.1 Å². The van der Waals surface area contributed by atoms with Crippen molar-refractivity contribution in [2.24, 2.45) is 0 Å². The number of benzene rings is 1. The van der Waals surface area contributed by atoms with Gasteiger partial charge in [-0.3, -0.25) is 0 Å². The van der Waals surface area contributed by atoms with Gasteiger partial charge in [0.25, 0.3) is 0 Å². The molecule has 6 heteroatoms. The van der Waals surface area contributed by atoms with Crippen LogP contribution >= 0.6 is 23.3 Å². The van der Waals surface area contributed by atoms with Gasteiger partial charge >= 0.3 is 0 Å². The summed E-state index contributed by atoms with van der Waals surface area (Å²) in [4.78, 5) is 4.47. The quantitative estimate of drug-likeness (QED) is 0.787. The Kier molecular flexibility index (Phi) is 4.52. The predicted octanol–water partition coefficient (Wildman–Crippen LogP) is 3.90. The fourth-order valence-corrected chi connectivity index (χ4v) is 3.36. The van der Waals surface area contributed by atoms with Crippen LogP contribution < -0.4 is 5.32 Å². The molecular weight excluding hydrogens is 293 g/mol. The van der Waals surface area contributed by atoms with Crippen LogP contribution in [-0.4, -0.2) is 21.7 Å². The number of nitrogens with one attached hydrogen (secondary N) is 1. The highest BCUT2D eigenvalue weighted by atomic mass is 32.2. The van der Waals surface area contributed by atoms with Gasteiger partial charge in [0.15, 0.2) is 0 Å². The minimum Gasteiger partial charge on any atom is -0.359 e. The van der Waals surface area contributed by atoms with Gasteiger partial charge in [-0.1, -0.05) is 18.2 Å². The lowest BCUT2D eigenvalue weighted by molar-refractivity contribution is 0.617. The molecule has 3 nitrogen and oxygen atoms in total. The molecule has 0 radical (unpaired) electrons. The lowest BCUT2D eigenvalue weighted by Gasteiger charge is -2.04. The molecule has 20 heavy (non-hydrogen) atoms.